The lowest BCUT2D eigenvalue weighted by atomic mass is 10.0. The van der Waals surface area contributed by atoms with Crippen LogP contribution in [0, 0.1) is 11.8 Å². The minimum absolute atomic E-state index is 0.0633. The van der Waals surface area contributed by atoms with Gasteiger partial charge >= 0.3 is 17.9 Å². The summed E-state index contributed by atoms with van der Waals surface area (Å²) >= 11 is 0. The van der Waals surface area contributed by atoms with Crippen molar-refractivity contribution in [1.82, 2.24) is 0 Å². The average molecular weight is 863 g/mol. The van der Waals surface area contributed by atoms with Gasteiger partial charge in [0.2, 0.25) is 0 Å². The molecule has 0 saturated heterocycles. The molecule has 0 aliphatic rings. The molecule has 0 aromatic rings. The van der Waals surface area contributed by atoms with Crippen molar-refractivity contribution in [3.63, 3.8) is 0 Å². The smallest absolute Gasteiger partial charge is 0.306 e. The van der Waals surface area contributed by atoms with Crippen LogP contribution in [0.15, 0.2) is 0 Å². The van der Waals surface area contributed by atoms with E-state index in [2.05, 4.69) is 34.6 Å². The molecule has 0 N–H and O–H groups in total. The molecule has 0 rings (SSSR count). The SMILES string of the molecule is CCCCCCCCCCCCC(=O)OC[C@H](COC(=O)CCCCCCCCCCCCCC(C)C)OC(=O)CCCCCCCCCCCCCCCCCCC(C)C. The van der Waals surface area contributed by atoms with Gasteiger partial charge in [0.1, 0.15) is 13.2 Å². The maximum Gasteiger partial charge on any atom is 0.306 e. The summed E-state index contributed by atoms with van der Waals surface area (Å²) in [4.78, 5) is 38.0. The highest BCUT2D eigenvalue weighted by atomic mass is 16.6. The van der Waals surface area contributed by atoms with E-state index in [1.165, 1.54) is 193 Å². The first-order chi connectivity index (χ1) is 29.7. The van der Waals surface area contributed by atoms with Crippen molar-refractivity contribution in [3.8, 4) is 0 Å². The molecule has 0 radical (unpaired) electrons. The fraction of sp³-hybridized carbons (Fsp3) is 0.945. The zero-order chi connectivity index (χ0) is 44.7. The number of esters is 3. The molecule has 6 nitrogen and oxygen atoms in total. The Hall–Kier alpha value is -1.59. The minimum Gasteiger partial charge on any atom is -0.462 e. The van der Waals surface area contributed by atoms with Crippen LogP contribution in [0.2, 0.25) is 0 Å². The first kappa shape index (κ1) is 59.4. The number of ether oxygens (including phenoxy) is 3. The Bertz CT molecular complexity index is 931. The fourth-order valence-electron chi connectivity index (χ4n) is 8.34. The van der Waals surface area contributed by atoms with Gasteiger partial charge in [0.25, 0.3) is 0 Å². The second-order valence-electron chi connectivity index (χ2n) is 19.8. The van der Waals surface area contributed by atoms with Gasteiger partial charge in [-0.15, -0.1) is 0 Å². The Balaban J connectivity index is 4.25. The molecule has 0 aromatic heterocycles. The van der Waals surface area contributed by atoms with E-state index in [1.807, 2.05) is 0 Å². The third-order valence-corrected chi connectivity index (χ3v) is 12.5. The van der Waals surface area contributed by atoms with Crippen LogP contribution in [0.4, 0.5) is 0 Å². The molecule has 0 aromatic carbocycles. The molecule has 6 heteroatoms. The van der Waals surface area contributed by atoms with Gasteiger partial charge in [-0.1, -0.05) is 266 Å². The summed E-state index contributed by atoms with van der Waals surface area (Å²) < 4.78 is 16.8. The zero-order valence-corrected chi connectivity index (χ0v) is 41.8. The van der Waals surface area contributed by atoms with Gasteiger partial charge in [0, 0.05) is 19.3 Å². The normalized spacial score (nSPS) is 12.0. The lowest BCUT2D eigenvalue weighted by Gasteiger charge is -2.18. The topological polar surface area (TPSA) is 78.9 Å². The Kier molecular flexibility index (Phi) is 46.6. The number of rotatable bonds is 49. The number of carbonyl (C=O) groups is 3. The lowest BCUT2D eigenvalue weighted by Crippen LogP contribution is -2.30. The molecule has 362 valence electrons. The van der Waals surface area contributed by atoms with Gasteiger partial charge in [0.05, 0.1) is 0 Å². The van der Waals surface area contributed by atoms with E-state index < -0.39 is 6.10 Å². The standard InChI is InChI=1S/C55H106O6/c1-6-7-8-9-10-11-25-30-35-40-45-53(56)59-48-52(49-60-54(57)46-41-36-31-26-22-18-20-24-29-34-39-44-51(4)5)61-55(58)47-42-37-32-27-21-17-15-13-12-14-16-19-23-28-33-38-43-50(2)3/h50-52H,6-49H2,1-5H3/t52-/m1/s1. The second-order valence-corrected chi connectivity index (χ2v) is 19.8. The van der Waals surface area contributed by atoms with Crippen molar-refractivity contribution in [1.29, 1.82) is 0 Å². The summed E-state index contributed by atoms with van der Waals surface area (Å²) in [5.41, 5.74) is 0. The molecule has 0 aliphatic carbocycles. The Labute approximate surface area is 380 Å². The molecule has 0 fully saturated rings. The van der Waals surface area contributed by atoms with Gasteiger partial charge < -0.3 is 14.2 Å². The van der Waals surface area contributed by atoms with Crippen LogP contribution in [0.3, 0.4) is 0 Å². The number of carbonyl (C=O) groups excluding carboxylic acids is 3. The minimum atomic E-state index is -0.761. The van der Waals surface area contributed by atoms with Crippen LogP contribution in [-0.4, -0.2) is 37.2 Å². The Morgan fingerprint density at radius 1 is 0.311 bits per heavy atom. The quantitative estimate of drug-likeness (QED) is 0.0344. The Morgan fingerprint density at radius 3 is 0.803 bits per heavy atom. The summed E-state index contributed by atoms with van der Waals surface area (Å²) in [7, 11) is 0. The van der Waals surface area contributed by atoms with Crippen molar-refractivity contribution < 1.29 is 28.6 Å². The van der Waals surface area contributed by atoms with E-state index in [0.29, 0.717) is 19.3 Å². The molecular weight excluding hydrogens is 757 g/mol. The van der Waals surface area contributed by atoms with E-state index in [9.17, 15) is 14.4 Å². The second kappa shape index (κ2) is 47.9. The van der Waals surface area contributed by atoms with E-state index >= 15 is 0 Å². The number of hydrogen-bond acceptors (Lipinski definition) is 6. The lowest BCUT2D eigenvalue weighted by molar-refractivity contribution is -0.167. The third-order valence-electron chi connectivity index (χ3n) is 12.5. The van der Waals surface area contributed by atoms with Crippen LogP contribution in [0.1, 0.15) is 304 Å². The van der Waals surface area contributed by atoms with Crippen molar-refractivity contribution in [2.75, 3.05) is 13.2 Å². The van der Waals surface area contributed by atoms with Crippen LogP contribution in [0.25, 0.3) is 0 Å². The monoisotopic (exact) mass is 863 g/mol. The largest absolute Gasteiger partial charge is 0.462 e. The summed E-state index contributed by atoms with van der Waals surface area (Å²) in [6, 6.07) is 0. The summed E-state index contributed by atoms with van der Waals surface area (Å²) in [5, 5.41) is 0. The van der Waals surface area contributed by atoms with Crippen LogP contribution >= 0.6 is 0 Å². The molecule has 0 saturated carbocycles. The highest BCUT2D eigenvalue weighted by Gasteiger charge is 2.19. The maximum atomic E-state index is 12.8. The molecular formula is C55H106O6. The summed E-state index contributed by atoms with van der Waals surface area (Å²) in [6.07, 6.45) is 49.5. The van der Waals surface area contributed by atoms with Crippen LogP contribution in [0.5, 0.6) is 0 Å². The molecule has 0 aliphatic heterocycles. The predicted molar refractivity (Wildman–Crippen MR) is 261 cm³/mol. The molecule has 1 atom stereocenters. The van der Waals surface area contributed by atoms with Gasteiger partial charge in [-0.2, -0.15) is 0 Å². The van der Waals surface area contributed by atoms with Crippen molar-refractivity contribution >= 4 is 17.9 Å². The number of unbranched alkanes of at least 4 members (excludes halogenated alkanes) is 34. The highest BCUT2D eigenvalue weighted by Crippen LogP contribution is 2.18. The third kappa shape index (κ3) is 49.3. The van der Waals surface area contributed by atoms with E-state index in [4.69, 9.17) is 14.2 Å². The fourth-order valence-corrected chi connectivity index (χ4v) is 8.34. The molecule has 0 bridgehead atoms. The predicted octanol–water partition coefficient (Wildman–Crippen LogP) is 17.7. The van der Waals surface area contributed by atoms with Crippen LogP contribution < -0.4 is 0 Å². The first-order valence-electron chi connectivity index (χ1n) is 27.2. The van der Waals surface area contributed by atoms with Gasteiger partial charge in [-0.25, -0.2) is 0 Å². The highest BCUT2D eigenvalue weighted by molar-refractivity contribution is 5.71. The van der Waals surface area contributed by atoms with E-state index in [0.717, 1.165) is 69.6 Å². The van der Waals surface area contributed by atoms with Crippen molar-refractivity contribution in [3.05, 3.63) is 0 Å². The van der Waals surface area contributed by atoms with Crippen molar-refractivity contribution in [2.24, 2.45) is 11.8 Å². The molecule has 0 amide bonds. The average Bonchev–Trinajstić information content (AvgIpc) is 3.23. The van der Waals surface area contributed by atoms with Gasteiger partial charge in [-0.05, 0) is 31.1 Å². The first-order valence-corrected chi connectivity index (χ1v) is 27.2. The van der Waals surface area contributed by atoms with E-state index in [-0.39, 0.29) is 31.1 Å². The Morgan fingerprint density at radius 2 is 0.541 bits per heavy atom. The maximum absolute atomic E-state index is 12.8. The van der Waals surface area contributed by atoms with Crippen LogP contribution in [-0.2, 0) is 28.6 Å². The molecule has 0 heterocycles. The van der Waals surface area contributed by atoms with Gasteiger partial charge in [0.15, 0.2) is 6.10 Å². The molecule has 0 spiro atoms. The van der Waals surface area contributed by atoms with E-state index in [1.54, 1.807) is 0 Å². The zero-order valence-electron chi connectivity index (χ0n) is 41.8. The number of hydrogen-bond donors (Lipinski definition) is 0. The summed E-state index contributed by atoms with van der Waals surface area (Å²) in [5.74, 6) is 0.833. The van der Waals surface area contributed by atoms with Gasteiger partial charge in [-0.3, -0.25) is 14.4 Å². The van der Waals surface area contributed by atoms with Crippen molar-refractivity contribution in [2.45, 2.75) is 310 Å². The molecule has 61 heavy (non-hydrogen) atoms. The summed E-state index contributed by atoms with van der Waals surface area (Å²) in [6.45, 7) is 11.4. The molecule has 0 unspecified atom stereocenters.